The number of hydrogen-bond acceptors (Lipinski definition) is 6. The van der Waals surface area contributed by atoms with Crippen LogP contribution in [0.5, 0.6) is 0 Å². The Bertz CT molecular complexity index is 440. The molecule has 0 bridgehead atoms. The summed E-state index contributed by atoms with van der Waals surface area (Å²) in [6, 6.07) is 0. The Morgan fingerprint density at radius 1 is 1.41 bits per heavy atom. The van der Waals surface area contributed by atoms with E-state index in [4.69, 9.17) is 10.5 Å². The number of anilines is 1. The Kier molecular flexibility index (Phi) is 5.02. The van der Waals surface area contributed by atoms with Gasteiger partial charge in [0.2, 0.25) is 0 Å². The van der Waals surface area contributed by atoms with Crippen LogP contribution in [0.15, 0.2) is 4.21 Å². The van der Waals surface area contributed by atoms with Gasteiger partial charge in [-0.3, -0.25) is 4.79 Å². The van der Waals surface area contributed by atoms with Crippen LogP contribution in [-0.2, 0) is 4.74 Å². The van der Waals surface area contributed by atoms with Crippen molar-refractivity contribution in [2.24, 2.45) is 0 Å². The average Bonchev–Trinajstić information content (AvgIpc) is 2.56. The third kappa shape index (κ3) is 3.01. The highest BCUT2D eigenvalue weighted by atomic mass is 32.2. The van der Waals surface area contributed by atoms with Crippen LogP contribution in [0.3, 0.4) is 0 Å². The molecular weight excluding hydrogens is 258 g/mol. The maximum absolute atomic E-state index is 11.8. The van der Waals surface area contributed by atoms with Crippen LogP contribution in [0.25, 0.3) is 0 Å². The third-order valence-corrected chi connectivity index (χ3v) is 4.45. The fraction of sp³-hybridized carbons (Fsp3) is 0.455. The predicted octanol–water partition coefficient (Wildman–Crippen LogP) is 2.82. The summed E-state index contributed by atoms with van der Waals surface area (Å²) >= 11 is 2.75. The standard InChI is InChI=1S/C11H15NO3S2/c1-4-15-10(14)7-8(12)9(6(3)13)17-11(7)16-5-2/h4-5,12H2,1-3H3. The van der Waals surface area contributed by atoms with E-state index in [9.17, 15) is 9.59 Å². The van der Waals surface area contributed by atoms with Crippen molar-refractivity contribution in [2.45, 2.75) is 25.0 Å². The number of carbonyl (C=O) groups is 2. The van der Waals surface area contributed by atoms with Crippen molar-refractivity contribution in [2.75, 3.05) is 18.1 Å². The van der Waals surface area contributed by atoms with E-state index < -0.39 is 5.97 Å². The molecule has 0 amide bonds. The van der Waals surface area contributed by atoms with Crippen molar-refractivity contribution in [3.63, 3.8) is 0 Å². The molecule has 0 unspecified atom stereocenters. The van der Waals surface area contributed by atoms with Crippen LogP contribution in [-0.4, -0.2) is 24.1 Å². The summed E-state index contributed by atoms with van der Waals surface area (Å²) in [5, 5.41) is 0. The maximum Gasteiger partial charge on any atom is 0.342 e. The summed E-state index contributed by atoms with van der Waals surface area (Å²) in [7, 11) is 0. The zero-order valence-corrected chi connectivity index (χ0v) is 11.7. The average molecular weight is 273 g/mol. The molecule has 4 nitrogen and oxygen atoms in total. The normalized spacial score (nSPS) is 10.3. The van der Waals surface area contributed by atoms with E-state index in [2.05, 4.69) is 0 Å². The zero-order chi connectivity index (χ0) is 13.0. The summed E-state index contributed by atoms with van der Waals surface area (Å²) in [6.45, 7) is 5.44. The highest BCUT2D eigenvalue weighted by molar-refractivity contribution is 8.01. The van der Waals surface area contributed by atoms with Crippen LogP contribution in [0.1, 0.15) is 40.8 Å². The minimum Gasteiger partial charge on any atom is -0.462 e. The quantitative estimate of drug-likeness (QED) is 0.507. The Hall–Kier alpha value is -1.01. The van der Waals surface area contributed by atoms with Gasteiger partial charge in [-0.2, -0.15) is 0 Å². The molecule has 1 heterocycles. The van der Waals surface area contributed by atoms with Gasteiger partial charge in [0.05, 0.1) is 21.4 Å². The molecule has 0 atom stereocenters. The van der Waals surface area contributed by atoms with Gasteiger partial charge in [0, 0.05) is 6.92 Å². The highest BCUT2D eigenvalue weighted by Crippen LogP contribution is 2.38. The Morgan fingerprint density at radius 3 is 2.53 bits per heavy atom. The molecule has 1 aromatic rings. The Morgan fingerprint density at radius 2 is 2.06 bits per heavy atom. The van der Waals surface area contributed by atoms with Crippen LogP contribution >= 0.6 is 23.1 Å². The van der Waals surface area contributed by atoms with Gasteiger partial charge >= 0.3 is 5.97 Å². The number of ketones is 1. The molecule has 6 heteroatoms. The predicted molar refractivity (Wildman–Crippen MR) is 71.1 cm³/mol. The van der Waals surface area contributed by atoms with Gasteiger partial charge < -0.3 is 10.5 Å². The molecule has 0 aliphatic carbocycles. The molecule has 2 N–H and O–H groups in total. The van der Waals surface area contributed by atoms with Crippen LogP contribution < -0.4 is 5.73 Å². The number of carbonyl (C=O) groups excluding carboxylic acids is 2. The topological polar surface area (TPSA) is 69.4 Å². The molecule has 0 spiro atoms. The first-order valence-electron chi connectivity index (χ1n) is 5.25. The lowest BCUT2D eigenvalue weighted by Gasteiger charge is -2.03. The molecule has 0 saturated carbocycles. The van der Waals surface area contributed by atoms with Gasteiger partial charge in [-0.25, -0.2) is 4.79 Å². The fourth-order valence-corrected chi connectivity index (χ4v) is 3.59. The number of esters is 1. The van der Waals surface area contributed by atoms with Gasteiger partial charge in [0.15, 0.2) is 5.78 Å². The zero-order valence-electron chi connectivity index (χ0n) is 10.0. The number of hydrogen-bond donors (Lipinski definition) is 1. The third-order valence-electron chi connectivity index (χ3n) is 1.99. The van der Waals surface area contributed by atoms with Crippen LogP contribution in [0, 0.1) is 0 Å². The SMILES string of the molecule is CCOC(=O)c1c(SCC)sc(C(C)=O)c1N. The van der Waals surface area contributed by atoms with E-state index in [0.717, 1.165) is 9.96 Å². The van der Waals surface area contributed by atoms with Crippen molar-refractivity contribution < 1.29 is 14.3 Å². The highest BCUT2D eigenvalue weighted by Gasteiger charge is 2.24. The lowest BCUT2D eigenvalue weighted by atomic mass is 10.2. The van der Waals surface area contributed by atoms with E-state index in [1.165, 1.54) is 30.0 Å². The summed E-state index contributed by atoms with van der Waals surface area (Å²) in [6.07, 6.45) is 0. The van der Waals surface area contributed by atoms with Crippen molar-refractivity contribution in [1.29, 1.82) is 0 Å². The second kappa shape index (κ2) is 6.07. The number of nitrogens with two attached hydrogens (primary N) is 1. The summed E-state index contributed by atoms with van der Waals surface area (Å²) < 4.78 is 5.71. The van der Waals surface area contributed by atoms with Crippen molar-refractivity contribution in [3.8, 4) is 0 Å². The molecule has 0 aliphatic heterocycles. The van der Waals surface area contributed by atoms with Gasteiger partial charge in [0.25, 0.3) is 0 Å². The van der Waals surface area contributed by atoms with E-state index >= 15 is 0 Å². The van der Waals surface area contributed by atoms with E-state index in [1.54, 1.807) is 6.92 Å². The smallest absolute Gasteiger partial charge is 0.342 e. The minimum atomic E-state index is -0.454. The lowest BCUT2D eigenvalue weighted by Crippen LogP contribution is -2.08. The Balaban J connectivity index is 3.24. The van der Waals surface area contributed by atoms with Gasteiger partial charge in [0.1, 0.15) is 5.56 Å². The second-order valence-electron chi connectivity index (χ2n) is 3.22. The second-order valence-corrected chi connectivity index (χ2v) is 5.77. The van der Waals surface area contributed by atoms with E-state index in [1.807, 2.05) is 6.92 Å². The maximum atomic E-state index is 11.8. The lowest BCUT2D eigenvalue weighted by molar-refractivity contribution is 0.0524. The van der Waals surface area contributed by atoms with E-state index in [-0.39, 0.29) is 11.5 Å². The summed E-state index contributed by atoms with van der Waals surface area (Å²) in [4.78, 5) is 23.6. The number of nitrogen functional groups attached to an aromatic ring is 1. The molecule has 1 aromatic heterocycles. The first kappa shape index (κ1) is 14.1. The van der Waals surface area contributed by atoms with Crippen molar-refractivity contribution in [3.05, 3.63) is 10.4 Å². The van der Waals surface area contributed by atoms with Crippen LogP contribution in [0.4, 0.5) is 5.69 Å². The van der Waals surface area contributed by atoms with E-state index in [0.29, 0.717) is 17.0 Å². The summed E-state index contributed by atoms with van der Waals surface area (Å²) in [5.74, 6) is 0.231. The number of rotatable bonds is 5. The number of ether oxygens (including phenoxy) is 1. The molecule has 0 aliphatic rings. The minimum absolute atomic E-state index is 0.124. The van der Waals surface area contributed by atoms with Crippen molar-refractivity contribution >= 4 is 40.5 Å². The Labute approximate surface area is 109 Å². The molecule has 94 valence electrons. The fourth-order valence-electron chi connectivity index (χ4n) is 1.31. The van der Waals surface area contributed by atoms with Gasteiger partial charge in [-0.15, -0.1) is 23.1 Å². The number of Topliss-reactive ketones (excluding diaryl/α,β-unsaturated/α-hetero) is 1. The van der Waals surface area contributed by atoms with Crippen molar-refractivity contribution in [1.82, 2.24) is 0 Å². The monoisotopic (exact) mass is 273 g/mol. The van der Waals surface area contributed by atoms with Crippen LogP contribution in [0.2, 0.25) is 0 Å². The first-order chi connectivity index (χ1) is 8.02. The van der Waals surface area contributed by atoms with Gasteiger partial charge in [-0.1, -0.05) is 6.92 Å². The molecule has 0 fully saturated rings. The molecule has 0 radical (unpaired) electrons. The number of thioether (sulfide) groups is 1. The largest absolute Gasteiger partial charge is 0.462 e. The molecule has 0 aromatic carbocycles. The molecule has 0 saturated heterocycles. The summed E-state index contributed by atoms with van der Waals surface area (Å²) in [5.41, 5.74) is 6.43. The first-order valence-corrected chi connectivity index (χ1v) is 7.06. The molecule has 1 rings (SSSR count). The molecule has 17 heavy (non-hydrogen) atoms. The molecular formula is C11H15NO3S2. The van der Waals surface area contributed by atoms with Gasteiger partial charge in [-0.05, 0) is 12.7 Å². The number of thiophene rings is 1.